The number of sulfonamides is 1. The molecular weight excluding hydrogens is 496 g/mol. The molecule has 1 aliphatic heterocycles. The molecule has 2 N–H and O–H groups in total. The van der Waals surface area contributed by atoms with Crippen molar-refractivity contribution in [3.63, 3.8) is 0 Å². The zero-order chi connectivity index (χ0) is 23.1. The summed E-state index contributed by atoms with van der Waals surface area (Å²) in [6, 6.07) is 11.8. The Morgan fingerprint density at radius 2 is 1.84 bits per heavy atom. The highest BCUT2D eigenvalue weighted by Gasteiger charge is 2.28. The standard InChI is InChI=1S/C22H25BrN4O4S/c1-2-4-17-5-3-6-18(22(17)29)15-24-25-21(28)16-26-11-13-27(14-12-26)32(30,31)20-9-7-19(23)8-10-20/h2-3,5-10,15,29H,1,4,11-14,16H2,(H,25,28)/b24-15+. The zero-order valence-electron chi connectivity index (χ0n) is 17.4. The summed E-state index contributed by atoms with van der Waals surface area (Å²) in [7, 11) is -3.56. The number of phenolic OH excluding ortho intramolecular Hbond substituents is 1. The van der Waals surface area contributed by atoms with Gasteiger partial charge in [0.2, 0.25) is 10.0 Å². The number of piperazine rings is 1. The van der Waals surface area contributed by atoms with Gasteiger partial charge in [0, 0.05) is 36.2 Å². The van der Waals surface area contributed by atoms with Crippen LogP contribution in [0.25, 0.3) is 0 Å². The number of rotatable bonds is 8. The summed E-state index contributed by atoms with van der Waals surface area (Å²) < 4.78 is 27.8. The first kappa shape index (κ1) is 24.1. The largest absolute Gasteiger partial charge is 0.507 e. The first-order chi connectivity index (χ1) is 15.3. The van der Waals surface area contributed by atoms with Gasteiger partial charge in [0.25, 0.3) is 5.91 Å². The van der Waals surface area contributed by atoms with E-state index >= 15 is 0 Å². The average Bonchev–Trinajstić information content (AvgIpc) is 2.77. The third kappa shape index (κ3) is 6.04. The first-order valence-electron chi connectivity index (χ1n) is 10.0. The smallest absolute Gasteiger partial charge is 0.254 e. The topological polar surface area (TPSA) is 102 Å². The number of para-hydroxylation sites is 1. The van der Waals surface area contributed by atoms with Crippen LogP contribution in [0.5, 0.6) is 5.75 Å². The molecule has 1 amide bonds. The van der Waals surface area contributed by atoms with Gasteiger partial charge in [-0.1, -0.05) is 34.1 Å². The monoisotopic (exact) mass is 520 g/mol. The fraction of sp³-hybridized carbons (Fsp3) is 0.273. The molecule has 0 atom stereocenters. The number of halogens is 1. The van der Waals surface area contributed by atoms with Crippen molar-refractivity contribution in [2.75, 3.05) is 32.7 Å². The second-order valence-corrected chi connectivity index (χ2v) is 10.1. The van der Waals surface area contributed by atoms with Gasteiger partial charge in [-0.25, -0.2) is 13.8 Å². The van der Waals surface area contributed by atoms with Crippen LogP contribution in [-0.4, -0.2) is 67.6 Å². The second-order valence-electron chi connectivity index (χ2n) is 7.28. The van der Waals surface area contributed by atoms with Crippen LogP contribution in [0.4, 0.5) is 0 Å². The third-order valence-corrected chi connectivity index (χ3v) is 7.50. The second kappa shape index (κ2) is 10.9. The fourth-order valence-electron chi connectivity index (χ4n) is 3.33. The predicted octanol–water partition coefficient (Wildman–Crippen LogP) is 2.34. The van der Waals surface area contributed by atoms with Crippen LogP contribution in [0.2, 0.25) is 0 Å². The van der Waals surface area contributed by atoms with Gasteiger partial charge in [-0.3, -0.25) is 9.69 Å². The van der Waals surface area contributed by atoms with Crippen LogP contribution in [0.3, 0.4) is 0 Å². The Morgan fingerprint density at radius 1 is 1.16 bits per heavy atom. The molecule has 1 aliphatic rings. The van der Waals surface area contributed by atoms with Gasteiger partial charge >= 0.3 is 0 Å². The van der Waals surface area contributed by atoms with E-state index in [9.17, 15) is 18.3 Å². The van der Waals surface area contributed by atoms with Gasteiger partial charge < -0.3 is 5.11 Å². The minimum Gasteiger partial charge on any atom is -0.507 e. The van der Waals surface area contributed by atoms with E-state index in [0.29, 0.717) is 38.2 Å². The fourth-order valence-corrected chi connectivity index (χ4v) is 5.02. The number of amides is 1. The van der Waals surface area contributed by atoms with Crippen LogP contribution in [0, 0.1) is 0 Å². The molecule has 1 fully saturated rings. The molecule has 170 valence electrons. The molecule has 10 heteroatoms. The molecule has 32 heavy (non-hydrogen) atoms. The van der Waals surface area contributed by atoms with Crippen LogP contribution in [-0.2, 0) is 21.2 Å². The maximum atomic E-state index is 12.8. The molecule has 1 heterocycles. The van der Waals surface area contributed by atoms with Crippen LogP contribution >= 0.6 is 15.9 Å². The summed E-state index contributed by atoms with van der Waals surface area (Å²) in [5, 5.41) is 14.1. The number of hydrogen-bond acceptors (Lipinski definition) is 6. The lowest BCUT2D eigenvalue weighted by atomic mass is 10.1. The minimum atomic E-state index is -3.56. The van der Waals surface area contributed by atoms with E-state index in [1.807, 2.05) is 4.90 Å². The van der Waals surface area contributed by atoms with Crippen molar-refractivity contribution in [3.8, 4) is 5.75 Å². The van der Waals surface area contributed by atoms with E-state index in [0.717, 1.165) is 10.0 Å². The Morgan fingerprint density at radius 3 is 2.50 bits per heavy atom. The van der Waals surface area contributed by atoms with Gasteiger partial charge in [-0.2, -0.15) is 9.41 Å². The number of aromatic hydroxyl groups is 1. The summed E-state index contributed by atoms with van der Waals surface area (Å²) in [4.78, 5) is 14.3. The van der Waals surface area contributed by atoms with Gasteiger partial charge in [0.15, 0.2) is 0 Å². The van der Waals surface area contributed by atoms with Crippen molar-refractivity contribution in [2.24, 2.45) is 5.10 Å². The van der Waals surface area contributed by atoms with Crippen LogP contribution in [0.15, 0.2) is 69.6 Å². The lowest BCUT2D eigenvalue weighted by molar-refractivity contribution is -0.122. The van der Waals surface area contributed by atoms with Crippen molar-refractivity contribution in [3.05, 3.63) is 70.7 Å². The Kier molecular flexibility index (Phi) is 8.19. The summed E-state index contributed by atoms with van der Waals surface area (Å²) in [6.07, 6.45) is 3.62. The van der Waals surface area contributed by atoms with Crippen molar-refractivity contribution in [1.29, 1.82) is 0 Å². The normalized spacial score (nSPS) is 15.7. The molecule has 0 unspecified atom stereocenters. The van der Waals surface area contributed by atoms with E-state index in [-0.39, 0.29) is 23.1 Å². The number of hydrogen-bond donors (Lipinski definition) is 2. The van der Waals surface area contributed by atoms with Crippen LogP contribution in [0.1, 0.15) is 11.1 Å². The molecule has 0 aromatic heterocycles. The highest BCUT2D eigenvalue weighted by atomic mass is 79.9. The summed E-state index contributed by atoms with van der Waals surface area (Å²) in [6.45, 7) is 5.26. The minimum absolute atomic E-state index is 0.103. The van der Waals surface area contributed by atoms with E-state index in [2.05, 4.69) is 33.0 Å². The molecule has 0 spiro atoms. The number of nitrogens with zero attached hydrogens (tertiary/aromatic N) is 3. The molecule has 0 radical (unpaired) electrons. The lowest BCUT2D eigenvalue weighted by Crippen LogP contribution is -2.50. The molecule has 8 nitrogen and oxygen atoms in total. The van der Waals surface area contributed by atoms with E-state index in [4.69, 9.17) is 0 Å². The number of benzene rings is 2. The number of allylic oxidation sites excluding steroid dienone is 1. The van der Waals surface area contributed by atoms with Gasteiger partial charge in [0.1, 0.15) is 5.75 Å². The van der Waals surface area contributed by atoms with Gasteiger partial charge in [-0.15, -0.1) is 6.58 Å². The number of phenols is 1. The number of carbonyl (C=O) groups excluding carboxylic acids is 1. The molecule has 0 bridgehead atoms. The third-order valence-electron chi connectivity index (χ3n) is 5.06. The maximum absolute atomic E-state index is 12.8. The van der Waals surface area contributed by atoms with E-state index in [1.54, 1.807) is 48.5 Å². The van der Waals surface area contributed by atoms with E-state index in [1.165, 1.54) is 10.5 Å². The molecule has 2 aromatic carbocycles. The van der Waals surface area contributed by atoms with Crippen molar-refractivity contribution < 1.29 is 18.3 Å². The van der Waals surface area contributed by atoms with E-state index < -0.39 is 10.0 Å². The zero-order valence-corrected chi connectivity index (χ0v) is 19.8. The van der Waals surface area contributed by atoms with Gasteiger partial charge in [0.05, 0.1) is 17.7 Å². The molecule has 3 rings (SSSR count). The first-order valence-corrected chi connectivity index (χ1v) is 12.3. The number of nitrogens with one attached hydrogen (secondary N) is 1. The number of carbonyl (C=O) groups is 1. The van der Waals surface area contributed by atoms with Crippen molar-refractivity contribution in [2.45, 2.75) is 11.3 Å². The summed E-state index contributed by atoms with van der Waals surface area (Å²) >= 11 is 3.30. The number of hydrazone groups is 1. The molecule has 0 aliphatic carbocycles. The predicted molar refractivity (Wildman–Crippen MR) is 127 cm³/mol. The van der Waals surface area contributed by atoms with Gasteiger partial charge in [-0.05, 0) is 42.3 Å². The SMILES string of the molecule is C=CCc1cccc(/C=N/NC(=O)CN2CCN(S(=O)(=O)c3ccc(Br)cc3)CC2)c1O. The van der Waals surface area contributed by atoms with Crippen molar-refractivity contribution >= 4 is 38.1 Å². The summed E-state index contributed by atoms with van der Waals surface area (Å²) in [5.74, 6) is -0.208. The Bertz CT molecular complexity index is 1100. The average molecular weight is 521 g/mol. The maximum Gasteiger partial charge on any atom is 0.254 e. The molecular formula is C22H25BrN4O4S. The Hall–Kier alpha value is -2.53. The quantitative estimate of drug-likeness (QED) is 0.316. The van der Waals surface area contributed by atoms with Crippen LogP contribution < -0.4 is 5.43 Å². The molecule has 2 aromatic rings. The summed E-state index contributed by atoms with van der Waals surface area (Å²) in [5.41, 5.74) is 3.68. The Labute approximate surface area is 196 Å². The Balaban J connectivity index is 1.49. The highest BCUT2D eigenvalue weighted by molar-refractivity contribution is 9.10. The molecule has 1 saturated heterocycles. The lowest BCUT2D eigenvalue weighted by Gasteiger charge is -2.33. The highest BCUT2D eigenvalue weighted by Crippen LogP contribution is 2.22. The molecule has 0 saturated carbocycles. The van der Waals surface area contributed by atoms with Crippen molar-refractivity contribution in [1.82, 2.24) is 14.6 Å².